The van der Waals surface area contributed by atoms with Crippen LogP contribution in [0.4, 0.5) is 5.69 Å². The van der Waals surface area contributed by atoms with Crippen molar-refractivity contribution >= 4 is 23.5 Å². The van der Waals surface area contributed by atoms with E-state index in [9.17, 15) is 24.9 Å². The van der Waals surface area contributed by atoms with E-state index in [0.717, 1.165) is 5.69 Å². The fraction of sp³-hybridized carbons (Fsp3) is 0.478. The van der Waals surface area contributed by atoms with Crippen LogP contribution in [0.25, 0.3) is 6.08 Å². The number of anilines is 1. The molecule has 1 aromatic rings. The lowest BCUT2D eigenvalue weighted by Gasteiger charge is -2.29. The van der Waals surface area contributed by atoms with Crippen molar-refractivity contribution in [3.63, 3.8) is 0 Å². The van der Waals surface area contributed by atoms with Gasteiger partial charge >= 0.3 is 5.97 Å². The Bertz CT molecular complexity index is 873. The molecule has 3 N–H and O–H groups in total. The summed E-state index contributed by atoms with van der Waals surface area (Å²) in [5, 5.41) is 30.9. The smallest absolute Gasteiger partial charge is 0.342 e. The number of rotatable bonds is 1. The van der Waals surface area contributed by atoms with E-state index in [1.54, 1.807) is 32.1 Å². The molecule has 0 bridgehead atoms. The number of nitrogens with zero attached hydrogens (tertiary/aromatic N) is 1. The van der Waals surface area contributed by atoms with E-state index in [2.05, 4.69) is 0 Å². The summed E-state index contributed by atoms with van der Waals surface area (Å²) in [6, 6.07) is 3.31. The number of aliphatic hydroxyl groups excluding tert-OH is 2. The summed E-state index contributed by atoms with van der Waals surface area (Å²) in [6.45, 7) is 5.88. The van der Waals surface area contributed by atoms with Gasteiger partial charge in [-0.15, -0.1) is 0 Å². The number of hydrogen-bond acceptors (Lipinski definition) is 8. The van der Waals surface area contributed by atoms with Gasteiger partial charge in [0.1, 0.15) is 23.5 Å². The van der Waals surface area contributed by atoms with E-state index in [1.165, 1.54) is 18.2 Å². The summed E-state index contributed by atoms with van der Waals surface area (Å²) >= 11 is 0. The van der Waals surface area contributed by atoms with Crippen LogP contribution in [0.5, 0.6) is 5.75 Å². The number of esters is 1. The second kappa shape index (κ2) is 10.1. The molecule has 0 radical (unpaired) electrons. The summed E-state index contributed by atoms with van der Waals surface area (Å²) < 4.78 is 10.9. The maximum Gasteiger partial charge on any atom is 0.342 e. The first-order chi connectivity index (χ1) is 14.8. The highest BCUT2D eigenvalue weighted by molar-refractivity contribution is 5.98. The fourth-order valence-electron chi connectivity index (χ4n) is 3.48. The van der Waals surface area contributed by atoms with Crippen molar-refractivity contribution in [1.82, 2.24) is 0 Å². The van der Waals surface area contributed by atoms with Crippen LogP contribution in [0.1, 0.15) is 36.2 Å². The topological polar surface area (TPSA) is 117 Å². The number of carbonyl (C=O) groups is 2. The number of morpholine rings is 1. The number of ether oxygens (including phenoxy) is 2. The van der Waals surface area contributed by atoms with Gasteiger partial charge in [-0.05, 0) is 31.1 Å². The first-order valence-corrected chi connectivity index (χ1v) is 10.4. The van der Waals surface area contributed by atoms with Crippen LogP contribution in [0, 0.1) is 5.92 Å². The molecular formula is C23H29NO7. The average Bonchev–Trinajstić information content (AvgIpc) is 2.76. The number of fused-ring (bicyclic) bond motifs is 1. The van der Waals surface area contributed by atoms with E-state index in [4.69, 9.17) is 9.47 Å². The van der Waals surface area contributed by atoms with Gasteiger partial charge in [-0.2, -0.15) is 0 Å². The Labute approximate surface area is 181 Å². The Morgan fingerprint density at radius 1 is 1.06 bits per heavy atom. The number of hydrogen-bond donors (Lipinski definition) is 3. The number of cyclic esters (lactones) is 1. The molecule has 0 amide bonds. The number of aromatic hydroxyl groups is 1. The summed E-state index contributed by atoms with van der Waals surface area (Å²) in [6.07, 6.45) is 2.41. The lowest BCUT2D eigenvalue weighted by atomic mass is 9.99. The zero-order chi connectivity index (χ0) is 22.5. The van der Waals surface area contributed by atoms with Crippen molar-refractivity contribution in [3.8, 4) is 5.75 Å². The Balaban J connectivity index is 2.01. The second-order valence-electron chi connectivity index (χ2n) is 7.91. The minimum atomic E-state index is -1.55. The van der Waals surface area contributed by atoms with E-state index < -0.39 is 30.1 Å². The summed E-state index contributed by atoms with van der Waals surface area (Å²) in [7, 11) is 0. The van der Waals surface area contributed by atoms with Crippen molar-refractivity contribution < 1.29 is 34.4 Å². The van der Waals surface area contributed by atoms with Gasteiger partial charge in [-0.1, -0.05) is 25.2 Å². The van der Waals surface area contributed by atoms with Crippen LogP contribution in [-0.4, -0.2) is 71.7 Å². The summed E-state index contributed by atoms with van der Waals surface area (Å²) in [5.41, 5.74) is 1.18. The van der Waals surface area contributed by atoms with Crippen LogP contribution < -0.4 is 4.90 Å². The van der Waals surface area contributed by atoms with Crippen LogP contribution in [0.3, 0.4) is 0 Å². The molecule has 0 spiro atoms. The SMILES string of the molecule is C[C@@H]1/C=C\C(=O)[C@@H](O)[C@@H](O)C/C=C/c2cc(N3CCOCC3)cc(O)c2C(=O)O[C@H]1C. The molecule has 2 aliphatic heterocycles. The van der Waals surface area contributed by atoms with Gasteiger partial charge in [0.2, 0.25) is 0 Å². The molecule has 2 heterocycles. The molecule has 168 valence electrons. The molecule has 8 nitrogen and oxygen atoms in total. The molecule has 4 atom stereocenters. The van der Waals surface area contributed by atoms with Gasteiger partial charge < -0.3 is 29.7 Å². The highest BCUT2D eigenvalue weighted by atomic mass is 16.5. The number of carbonyl (C=O) groups excluding carboxylic acids is 2. The molecule has 3 rings (SSSR count). The fourth-order valence-corrected chi connectivity index (χ4v) is 3.48. The normalized spacial score (nSPS) is 30.1. The number of benzene rings is 1. The number of ketones is 1. The number of phenols is 1. The van der Waals surface area contributed by atoms with Crippen molar-refractivity contribution in [1.29, 1.82) is 0 Å². The maximum atomic E-state index is 12.9. The first kappa shape index (κ1) is 23.0. The van der Waals surface area contributed by atoms with Crippen LogP contribution in [-0.2, 0) is 14.3 Å². The highest BCUT2D eigenvalue weighted by Gasteiger charge is 2.26. The second-order valence-corrected chi connectivity index (χ2v) is 7.91. The third kappa shape index (κ3) is 5.52. The van der Waals surface area contributed by atoms with E-state index in [0.29, 0.717) is 31.9 Å². The largest absolute Gasteiger partial charge is 0.507 e. The quantitative estimate of drug-likeness (QED) is 0.575. The van der Waals surface area contributed by atoms with Crippen molar-refractivity contribution in [2.75, 3.05) is 31.2 Å². The van der Waals surface area contributed by atoms with Crippen molar-refractivity contribution in [2.24, 2.45) is 5.92 Å². The van der Waals surface area contributed by atoms with Gasteiger partial charge in [-0.3, -0.25) is 4.79 Å². The summed E-state index contributed by atoms with van der Waals surface area (Å²) in [4.78, 5) is 27.0. The van der Waals surface area contributed by atoms with Gasteiger partial charge in [-0.25, -0.2) is 4.79 Å². The van der Waals surface area contributed by atoms with Gasteiger partial charge in [0.15, 0.2) is 5.78 Å². The third-order valence-corrected chi connectivity index (χ3v) is 5.64. The van der Waals surface area contributed by atoms with Crippen molar-refractivity contribution in [3.05, 3.63) is 41.5 Å². The Kier molecular flexibility index (Phi) is 7.48. The number of aliphatic hydroxyl groups is 2. The van der Waals surface area contributed by atoms with Crippen molar-refractivity contribution in [2.45, 2.75) is 38.6 Å². The molecule has 1 fully saturated rings. The van der Waals surface area contributed by atoms with E-state index >= 15 is 0 Å². The summed E-state index contributed by atoms with van der Waals surface area (Å²) in [5.74, 6) is -1.82. The lowest BCUT2D eigenvalue weighted by molar-refractivity contribution is -0.127. The average molecular weight is 431 g/mol. The molecule has 1 aromatic carbocycles. The monoisotopic (exact) mass is 431 g/mol. The minimum absolute atomic E-state index is 0.0102. The van der Waals surface area contributed by atoms with E-state index in [-0.39, 0.29) is 23.7 Å². The molecular weight excluding hydrogens is 402 g/mol. The predicted octanol–water partition coefficient (Wildman–Crippen LogP) is 1.67. The minimum Gasteiger partial charge on any atom is -0.507 e. The standard InChI is InChI=1S/C23H29NO7/c1-14-6-7-19(26)22(28)18(25)5-3-4-16-12-17(24-8-10-30-11-9-24)13-20(27)21(16)23(29)31-15(14)2/h3-4,6-7,12-15,18,22,25,27-28H,5,8-11H2,1-2H3/b4-3+,7-6-/t14-,15+,18+,22+/m1/s1. The first-order valence-electron chi connectivity index (χ1n) is 10.4. The van der Waals surface area contributed by atoms with Gasteiger partial charge in [0, 0.05) is 30.8 Å². The Morgan fingerprint density at radius 2 is 1.77 bits per heavy atom. The van der Waals surface area contributed by atoms with Crippen LogP contribution in [0.2, 0.25) is 0 Å². The molecule has 2 aliphatic rings. The Hall–Kier alpha value is -2.68. The molecule has 0 aliphatic carbocycles. The van der Waals surface area contributed by atoms with Gasteiger partial charge in [0.05, 0.1) is 19.3 Å². The van der Waals surface area contributed by atoms with Gasteiger partial charge in [0.25, 0.3) is 0 Å². The molecule has 0 unspecified atom stereocenters. The molecule has 0 aromatic heterocycles. The van der Waals surface area contributed by atoms with Crippen LogP contribution in [0.15, 0.2) is 30.4 Å². The highest BCUT2D eigenvalue weighted by Crippen LogP contribution is 2.32. The maximum absolute atomic E-state index is 12.9. The molecule has 1 saturated heterocycles. The lowest BCUT2D eigenvalue weighted by Crippen LogP contribution is -2.36. The number of phenolic OH excluding ortho intramolecular Hbond substituents is 1. The molecule has 8 heteroatoms. The molecule has 0 saturated carbocycles. The third-order valence-electron chi connectivity index (χ3n) is 5.64. The molecule has 31 heavy (non-hydrogen) atoms. The predicted molar refractivity (Wildman–Crippen MR) is 115 cm³/mol. The zero-order valence-electron chi connectivity index (χ0n) is 17.7. The zero-order valence-corrected chi connectivity index (χ0v) is 17.7. The van der Waals surface area contributed by atoms with Crippen LogP contribution >= 0.6 is 0 Å². The van der Waals surface area contributed by atoms with E-state index in [1.807, 2.05) is 4.90 Å². The Morgan fingerprint density at radius 3 is 2.48 bits per heavy atom.